The van der Waals surface area contributed by atoms with Crippen LogP contribution in [0.1, 0.15) is 30.2 Å². The molecule has 3 heteroatoms. The number of para-hydroxylation sites is 2. The van der Waals surface area contributed by atoms with Crippen LogP contribution in [0.25, 0.3) is 92.2 Å². The Morgan fingerprint density at radius 3 is 1.65 bits per heavy atom. The molecule has 0 radical (unpaired) electrons. The van der Waals surface area contributed by atoms with Crippen molar-refractivity contribution in [3.63, 3.8) is 0 Å². The van der Waals surface area contributed by atoms with Gasteiger partial charge in [0, 0.05) is 59.1 Å². The zero-order valence-electron chi connectivity index (χ0n) is 54.7. The molecule has 2 nitrogen and oxygen atoms in total. The molecule has 0 saturated carbocycles. The molecule has 10 aromatic carbocycles. The Hall–Kier alpha value is -7.98. The normalized spacial score (nSPS) is 16.4. The van der Waals surface area contributed by atoms with E-state index in [4.69, 9.17) is 17.8 Å². The molecule has 0 aliphatic carbocycles. The van der Waals surface area contributed by atoms with Crippen LogP contribution in [0.15, 0.2) is 242 Å². The van der Waals surface area contributed by atoms with Gasteiger partial charge in [-0.1, -0.05) is 175 Å². The maximum Gasteiger partial charge on any atom is 0.0645 e. The second kappa shape index (κ2) is 15.5. The molecule has 12 aromatic rings. The average molecular weight is 843 g/mol. The van der Waals surface area contributed by atoms with Crippen molar-refractivity contribution in [2.75, 3.05) is 4.90 Å². The fraction of sp³-hybridized carbons (Fsp3) is 0. The van der Waals surface area contributed by atoms with Crippen LogP contribution in [0.3, 0.4) is 0 Å². The van der Waals surface area contributed by atoms with Gasteiger partial charge >= 0.3 is 0 Å². The standard InChI is InChI=1S/C60H40N2S/c1-4-17-41(18-5-1)43-31-34-47(35-32-43)61(58-36-33-45(42-19-6-2-7-20-42)38-53(58)44-21-8-3-9-22-44)49-39-54(60-55(40-49)52-27-12-15-30-59(52)63-60)46-23-16-24-48(37-46)62-56-28-13-10-25-50(56)51-26-11-14-29-57(51)62/h1-40H/i1D,2D,3D,4D,5D,6D,7D,8D,9D,17D,18D,19D,20D,21D,22D,31D,32D,33D,34D,35D,36D,38D. The van der Waals surface area contributed by atoms with E-state index in [2.05, 4.69) is 4.57 Å². The molecule has 0 aliphatic heterocycles. The number of nitrogens with zero attached hydrogens (tertiary/aromatic N) is 2. The molecule has 0 spiro atoms. The molecule has 2 heterocycles. The molecule has 0 bridgehead atoms. The van der Waals surface area contributed by atoms with E-state index in [9.17, 15) is 12.3 Å². The van der Waals surface area contributed by atoms with Gasteiger partial charge in [-0.3, -0.25) is 0 Å². The molecular formula is C60H40N2S. The first kappa shape index (κ1) is 20.7. The van der Waals surface area contributed by atoms with Gasteiger partial charge in [-0.15, -0.1) is 11.3 Å². The highest BCUT2D eigenvalue weighted by Crippen LogP contribution is 2.48. The lowest BCUT2D eigenvalue weighted by Crippen LogP contribution is -2.11. The van der Waals surface area contributed by atoms with Gasteiger partial charge < -0.3 is 9.47 Å². The molecule has 0 aliphatic rings. The Kier molecular flexibility index (Phi) is 5.09. The number of anilines is 3. The topological polar surface area (TPSA) is 8.17 Å². The van der Waals surface area contributed by atoms with E-state index in [0.29, 0.717) is 26.6 Å². The highest BCUT2D eigenvalue weighted by molar-refractivity contribution is 7.26. The van der Waals surface area contributed by atoms with Gasteiger partial charge in [0.25, 0.3) is 0 Å². The largest absolute Gasteiger partial charge is 0.310 e. The number of aromatic nitrogens is 1. The fourth-order valence-corrected chi connectivity index (χ4v) is 9.30. The van der Waals surface area contributed by atoms with E-state index in [1.165, 1.54) is 11.3 Å². The van der Waals surface area contributed by atoms with Gasteiger partial charge in [-0.2, -0.15) is 0 Å². The van der Waals surface area contributed by atoms with Crippen LogP contribution in [0.4, 0.5) is 17.1 Å². The second-order valence-electron chi connectivity index (χ2n) is 14.4. The summed E-state index contributed by atoms with van der Waals surface area (Å²) in [5.41, 5.74) is -2.49. The summed E-state index contributed by atoms with van der Waals surface area (Å²) in [6.45, 7) is 0. The van der Waals surface area contributed by atoms with E-state index in [0.717, 1.165) is 37.1 Å². The number of fused-ring (bicyclic) bond motifs is 6. The van der Waals surface area contributed by atoms with Crippen molar-refractivity contribution in [3.8, 4) is 50.2 Å². The van der Waals surface area contributed by atoms with Crippen LogP contribution in [0.2, 0.25) is 0 Å². The molecule has 0 atom stereocenters. The molecular weight excluding hydrogens is 781 g/mol. The van der Waals surface area contributed by atoms with Crippen molar-refractivity contribution in [1.82, 2.24) is 4.57 Å². The lowest BCUT2D eigenvalue weighted by atomic mass is 9.95. The summed E-state index contributed by atoms with van der Waals surface area (Å²) in [6, 6.07) is 14.0. The highest BCUT2D eigenvalue weighted by Gasteiger charge is 2.22. The van der Waals surface area contributed by atoms with Crippen LogP contribution in [-0.4, -0.2) is 4.57 Å². The van der Waals surface area contributed by atoms with Crippen molar-refractivity contribution in [3.05, 3.63) is 242 Å². The maximum atomic E-state index is 10.2. The lowest BCUT2D eigenvalue weighted by Gasteiger charge is -2.29. The maximum absolute atomic E-state index is 10.2. The molecule has 0 amide bonds. The monoisotopic (exact) mass is 842 g/mol. The van der Waals surface area contributed by atoms with Crippen molar-refractivity contribution in [1.29, 1.82) is 0 Å². The first-order valence-corrected chi connectivity index (χ1v) is 20.5. The molecule has 0 saturated heterocycles. The molecule has 12 rings (SSSR count). The van der Waals surface area contributed by atoms with Crippen LogP contribution in [0, 0.1) is 0 Å². The zero-order chi connectivity index (χ0) is 60.8. The second-order valence-corrected chi connectivity index (χ2v) is 15.5. The summed E-state index contributed by atoms with van der Waals surface area (Å²) in [6.07, 6.45) is 0. The van der Waals surface area contributed by atoms with Crippen LogP contribution >= 0.6 is 11.3 Å². The summed E-state index contributed by atoms with van der Waals surface area (Å²) < 4.78 is 205. The summed E-state index contributed by atoms with van der Waals surface area (Å²) in [4.78, 5) is 0.999. The Bertz CT molecular complexity index is 4790. The summed E-state index contributed by atoms with van der Waals surface area (Å²) in [7, 11) is 0. The predicted octanol–water partition coefficient (Wildman–Crippen LogP) is 17.3. The van der Waals surface area contributed by atoms with Crippen LogP contribution in [-0.2, 0) is 0 Å². The van der Waals surface area contributed by atoms with Crippen molar-refractivity contribution >= 4 is 70.4 Å². The Balaban J connectivity index is 1.28. The Labute approximate surface area is 401 Å². The van der Waals surface area contributed by atoms with Gasteiger partial charge in [0.05, 0.1) is 46.9 Å². The van der Waals surface area contributed by atoms with Crippen molar-refractivity contribution in [2.24, 2.45) is 0 Å². The molecule has 2 aromatic heterocycles. The van der Waals surface area contributed by atoms with E-state index < -0.39 is 178 Å². The third kappa shape index (κ3) is 6.50. The fourth-order valence-electron chi connectivity index (χ4n) is 8.08. The van der Waals surface area contributed by atoms with Gasteiger partial charge in [-0.05, 0) is 100 Å². The summed E-state index contributed by atoms with van der Waals surface area (Å²) in [5.74, 6) is 0. The van der Waals surface area contributed by atoms with Gasteiger partial charge in [-0.25, -0.2) is 0 Å². The number of hydrogen-bond acceptors (Lipinski definition) is 2. The predicted molar refractivity (Wildman–Crippen MR) is 270 cm³/mol. The van der Waals surface area contributed by atoms with E-state index in [1.54, 1.807) is 18.2 Å². The molecule has 63 heavy (non-hydrogen) atoms. The lowest BCUT2D eigenvalue weighted by molar-refractivity contribution is 1.18. The van der Waals surface area contributed by atoms with Crippen LogP contribution < -0.4 is 4.90 Å². The van der Waals surface area contributed by atoms with Crippen LogP contribution in [0.5, 0.6) is 0 Å². The Morgan fingerprint density at radius 1 is 0.397 bits per heavy atom. The van der Waals surface area contributed by atoms with Gasteiger partial charge in [0.1, 0.15) is 0 Å². The van der Waals surface area contributed by atoms with Crippen molar-refractivity contribution < 1.29 is 30.2 Å². The smallest absolute Gasteiger partial charge is 0.0645 e. The third-order valence-electron chi connectivity index (χ3n) is 10.8. The number of hydrogen-bond donors (Lipinski definition) is 0. The molecule has 0 unspecified atom stereocenters. The first-order chi connectivity index (χ1) is 40.4. The minimum Gasteiger partial charge on any atom is -0.310 e. The first-order valence-electron chi connectivity index (χ1n) is 30.7. The highest BCUT2D eigenvalue weighted by atomic mass is 32.1. The summed E-state index contributed by atoms with van der Waals surface area (Å²) >= 11 is 1.42. The number of benzene rings is 10. The molecule has 0 fully saturated rings. The quantitative estimate of drug-likeness (QED) is 0.148. The van der Waals surface area contributed by atoms with E-state index in [-0.39, 0.29) is 5.69 Å². The SMILES string of the molecule is [2H]c1c([2H])c([2H])c(-c2c([2H])c([2H])c(N(c3cc(-c4cccc(-n5c6ccccc6c6ccccc65)c4)c4sc5ccccc5c4c3)c3c([2H])c([2H])c(-c4c([2H])c([2H])c([2H])c([2H])c4[2H])c([2H])c3-c3c([2H])c([2H])c([2H])c([2H])c3[2H])c([2H])c2[2H])c([2H])c1[2H]. The van der Waals surface area contributed by atoms with E-state index in [1.807, 2.05) is 91.0 Å². The molecule has 0 N–H and O–H groups in total. The number of thiophene rings is 1. The number of rotatable bonds is 8. The minimum atomic E-state index is -1.00. The average Bonchev–Trinajstić information content (AvgIpc) is 1.50. The minimum absolute atomic E-state index is 0.110. The molecule has 296 valence electrons. The van der Waals surface area contributed by atoms with Gasteiger partial charge in [0.2, 0.25) is 0 Å². The van der Waals surface area contributed by atoms with Gasteiger partial charge in [0.15, 0.2) is 0 Å². The summed E-state index contributed by atoms with van der Waals surface area (Å²) in [5, 5.41) is 3.19. The third-order valence-corrected chi connectivity index (χ3v) is 12.0. The Morgan fingerprint density at radius 2 is 0.968 bits per heavy atom. The van der Waals surface area contributed by atoms with Crippen molar-refractivity contribution in [2.45, 2.75) is 0 Å². The zero-order valence-corrected chi connectivity index (χ0v) is 33.5. The van der Waals surface area contributed by atoms with E-state index >= 15 is 0 Å².